The van der Waals surface area contributed by atoms with Gasteiger partial charge < -0.3 is 15.4 Å². The maximum Gasteiger partial charge on any atom is 0.251 e. The van der Waals surface area contributed by atoms with Crippen LogP contribution in [-0.2, 0) is 6.61 Å². The second-order valence-corrected chi connectivity index (χ2v) is 5.80. The molecule has 0 aromatic heterocycles. The van der Waals surface area contributed by atoms with E-state index in [1.54, 1.807) is 0 Å². The Kier molecular flexibility index (Phi) is 7.09. The highest BCUT2D eigenvalue weighted by Gasteiger charge is 2.16. The second kappa shape index (κ2) is 9.30. The lowest BCUT2D eigenvalue weighted by Crippen LogP contribution is -2.42. The average molecular weight is 347 g/mol. The number of benzene rings is 2. The van der Waals surface area contributed by atoms with E-state index >= 15 is 0 Å². The highest BCUT2D eigenvalue weighted by Crippen LogP contribution is 2.15. The molecule has 128 valence electrons. The Morgan fingerprint density at radius 1 is 1.04 bits per heavy atom. The third kappa shape index (κ3) is 5.25. The molecule has 5 heteroatoms. The van der Waals surface area contributed by atoms with Crippen molar-refractivity contribution in [2.75, 3.05) is 13.1 Å². The molecule has 1 fully saturated rings. The van der Waals surface area contributed by atoms with Gasteiger partial charge in [-0.2, -0.15) is 0 Å². The fourth-order valence-corrected chi connectivity index (χ4v) is 2.68. The van der Waals surface area contributed by atoms with Gasteiger partial charge in [-0.15, -0.1) is 12.4 Å². The summed E-state index contributed by atoms with van der Waals surface area (Å²) in [4.78, 5) is 12.2. The minimum absolute atomic E-state index is 0. The van der Waals surface area contributed by atoms with E-state index in [1.807, 2.05) is 54.6 Å². The van der Waals surface area contributed by atoms with Crippen molar-refractivity contribution in [2.45, 2.75) is 25.5 Å². The van der Waals surface area contributed by atoms with Crippen molar-refractivity contribution in [2.24, 2.45) is 0 Å². The van der Waals surface area contributed by atoms with E-state index in [9.17, 15) is 4.79 Å². The number of carbonyl (C=O) groups is 1. The van der Waals surface area contributed by atoms with Crippen molar-refractivity contribution in [3.05, 3.63) is 65.7 Å². The van der Waals surface area contributed by atoms with Crippen LogP contribution in [0.25, 0.3) is 0 Å². The molecule has 1 aliphatic heterocycles. The topological polar surface area (TPSA) is 50.4 Å². The first-order valence-corrected chi connectivity index (χ1v) is 8.09. The summed E-state index contributed by atoms with van der Waals surface area (Å²) in [6.07, 6.45) is 1.98. The lowest BCUT2D eigenvalue weighted by Gasteiger charge is -2.23. The molecule has 4 nitrogen and oxygen atoms in total. The Labute approximate surface area is 149 Å². The first-order valence-electron chi connectivity index (χ1n) is 8.09. The van der Waals surface area contributed by atoms with Gasteiger partial charge in [0.2, 0.25) is 0 Å². The highest BCUT2D eigenvalue weighted by molar-refractivity contribution is 5.94. The Morgan fingerprint density at radius 3 is 2.38 bits per heavy atom. The van der Waals surface area contributed by atoms with Crippen LogP contribution in [0.4, 0.5) is 0 Å². The molecule has 24 heavy (non-hydrogen) atoms. The zero-order chi connectivity index (χ0) is 15.9. The Morgan fingerprint density at radius 2 is 1.71 bits per heavy atom. The maximum absolute atomic E-state index is 12.2. The Balaban J connectivity index is 0.00000208. The third-order valence-electron chi connectivity index (χ3n) is 4.04. The molecule has 0 atom stereocenters. The summed E-state index contributed by atoms with van der Waals surface area (Å²) in [7, 11) is 0. The molecule has 2 aromatic carbocycles. The number of piperidine rings is 1. The summed E-state index contributed by atoms with van der Waals surface area (Å²) in [6.45, 7) is 2.47. The van der Waals surface area contributed by atoms with Crippen LogP contribution >= 0.6 is 12.4 Å². The van der Waals surface area contributed by atoms with Crippen LogP contribution in [-0.4, -0.2) is 25.0 Å². The van der Waals surface area contributed by atoms with E-state index < -0.39 is 0 Å². The number of carbonyl (C=O) groups excluding carboxylic acids is 1. The molecule has 0 saturated carbocycles. The van der Waals surface area contributed by atoms with Crippen molar-refractivity contribution < 1.29 is 9.53 Å². The van der Waals surface area contributed by atoms with Crippen molar-refractivity contribution >= 4 is 18.3 Å². The summed E-state index contributed by atoms with van der Waals surface area (Å²) in [5.74, 6) is 0.763. The van der Waals surface area contributed by atoms with Crippen LogP contribution in [0.2, 0.25) is 0 Å². The zero-order valence-electron chi connectivity index (χ0n) is 13.5. The lowest BCUT2D eigenvalue weighted by atomic mass is 10.1. The minimum Gasteiger partial charge on any atom is -0.489 e. The standard InChI is InChI=1S/C19H22N2O2.ClH/c22-19(21-17-10-12-20-13-11-17)16-6-8-18(9-7-16)23-14-15-4-2-1-3-5-15;/h1-9,17,20H,10-14H2,(H,21,22);1H. The van der Waals surface area contributed by atoms with Gasteiger partial charge in [0, 0.05) is 11.6 Å². The minimum atomic E-state index is -0.00786. The van der Waals surface area contributed by atoms with Crippen LogP contribution in [0.15, 0.2) is 54.6 Å². The van der Waals surface area contributed by atoms with Crippen molar-refractivity contribution in [1.82, 2.24) is 10.6 Å². The van der Waals surface area contributed by atoms with Crippen LogP contribution in [0.3, 0.4) is 0 Å². The molecule has 2 N–H and O–H groups in total. The van der Waals surface area contributed by atoms with Gasteiger partial charge in [0.1, 0.15) is 12.4 Å². The number of amides is 1. The van der Waals surface area contributed by atoms with E-state index in [4.69, 9.17) is 4.74 Å². The summed E-state index contributed by atoms with van der Waals surface area (Å²) in [5.41, 5.74) is 1.80. The largest absolute Gasteiger partial charge is 0.489 e. The molecular weight excluding hydrogens is 324 g/mol. The van der Waals surface area contributed by atoms with Gasteiger partial charge in [-0.05, 0) is 55.8 Å². The molecule has 0 radical (unpaired) electrons. The third-order valence-corrected chi connectivity index (χ3v) is 4.04. The highest BCUT2D eigenvalue weighted by atomic mass is 35.5. The van der Waals surface area contributed by atoms with Crippen LogP contribution in [0, 0.1) is 0 Å². The fraction of sp³-hybridized carbons (Fsp3) is 0.316. The SMILES string of the molecule is Cl.O=C(NC1CCNCC1)c1ccc(OCc2ccccc2)cc1. The number of hydrogen-bond donors (Lipinski definition) is 2. The smallest absolute Gasteiger partial charge is 0.251 e. The molecule has 0 unspecified atom stereocenters. The first kappa shape index (κ1) is 18.3. The number of halogens is 1. The van der Waals surface area contributed by atoms with Crippen molar-refractivity contribution in [1.29, 1.82) is 0 Å². The molecule has 1 heterocycles. The number of rotatable bonds is 5. The molecular formula is C19H23ClN2O2. The molecule has 2 aromatic rings. The van der Waals surface area contributed by atoms with Gasteiger partial charge in [-0.1, -0.05) is 30.3 Å². The van der Waals surface area contributed by atoms with Crippen molar-refractivity contribution in [3.63, 3.8) is 0 Å². The fourth-order valence-electron chi connectivity index (χ4n) is 2.68. The van der Waals surface area contributed by atoms with E-state index in [1.165, 1.54) is 0 Å². The van der Waals surface area contributed by atoms with Gasteiger partial charge in [0.05, 0.1) is 0 Å². The number of hydrogen-bond acceptors (Lipinski definition) is 3. The lowest BCUT2D eigenvalue weighted by molar-refractivity contribution is 0.0929. The van der Waals surface area contributed by atoms with E-state index in [-0.39, 0.29) is 24.4 Å². The summed E-state index contributed by atoms with van der Waals surface area (Å²) >= 11 is 0. The molecule has 1 aliphatic rings. The summed E-state index contributed by atoms with van der Waals surface area (Å²) < 4.78 is 5.74. The maximum atomic E-state index is 12.2. The summed E-state index contributed by atoms with van der Waals surface area (Å²) in [6, 6.07) is 17.6. The molecule has 1 amide bonds. The quantitative estimate of drug-likeness (QED) is 0.874. The molecule has 3 rings (SSSR count). The van der Waals surface area contributed by atoms with Gasteiger partial charge in [0.15, 0.2) is 0 Å². The number of ether oxygens (including phenoxy) is 1. The van der Waals surface area contributed by atoms with Crippen LogP contribution < -0.4 is 15.4 Å². The van der Waals surface area contributed by atoms with Gasteiger partial charge in [0.25, 0.3) is 5.91 Å². The molecule has 1 saturated heterocycles. The van der Waals surface area contributed by atoms with E-state index in [0.717, 1.165) is 37.2 Å². The van der Waals surface area contributed by atoms with Gasteiger partial charge in [-0.25, -0.2) is 0 Å². The summed E-state index contributed by atoms with van der Waals surface area (Å²) in [5, 5.41) is 6.39. The predicted octanol–water partition coefficient (Wildman–Crippen LogP) is 3.17. The average Bonchev–Trinajstić information content (AvgIpc) is 2.62. The normalized spacial score (nSPS) is 14.5. The number of nitrogens with one attached hydrogen (secondary N) is 2. The first-order chi connectivity index (χ1) is 11.3. The van der Waals surface area contributed by atoms with Crippen molar-refractivity contribution in [3.8, 4) is 5.75 Å². The molecule has 0 bridgehead atoms. The monoisotopic (exact) mass is 346 g/mol. The molecule has 0 aliphatic carbocycles. The van der Waals surface area contributed by atoms with E-state index in [0.29, 0.717) is 12.2 Å². The van der Waals surface area contributed by atoms with Gasteiger partial charge >= 0.3 is 0 Å². The van der Waals surface area contributed by atoms with Crippen LogP contribution in [0.1, 0.15) is 28.8 Å². The molecule has 0 spiro atoms. The Hall–Kier alpha value is -2.04. The zero-order valence-corrected chi connectivity index (χ0v) is 14.4. The second-order valence-electron chi connectivity index (χ2n) is 5.80. The van der Waals surface area contributed by atoms with Crippen LogP contribution in [0.5, 0.6) is 5.75 Å². The predicted molar refractivity (Wildman–Crippen MR) is 97.8 cm³/mol. The van der Waals surface area contributed by atoms with Gasteiger partial charge in [-0.3, -0.25) is 4.79 Å². The Bertz CT molecular complexity index is 626. The van der Waals surface area contributed by atoms with E-state index in [2.05, 4.69) is 10.6 Å².